The van der Waals surface area contributed by atoms with Crippen LogP contribution in [0, 0.1) is 0 Å². The Morgan fingerprint density at radius 3 is 1.73 bits per heavy atom. The van der Waals surface area contributed by atoms with Crippen LogP contribution in [0.25, 0.3) is 79.2 Å². The van der Waals surface area contributed by atoms with E-state index in [9.17, 15) is 9.59 Å². The van der Waals surface area contributed by atoms with E-state index < -0.39 is 11.9 Å². The molecule has 10 heteroatoms. The van der Waals surface area contributed by atoms with E-state index in [-0.39, 0.29) is 0 Å². The highest BCUT2D eigenvalue weighted by atomic mass is 32.1. The fourth-order valence-corrected chi connectivity index (χ4v) is 6.80. The lowest BCUT2D eigenvalue weighted by molar-refractivity contribution is 0.0592. The van der Waals surface area contributed by atoms with Gasteiger partial charge in [-0.1, -0.05) is 24.3 Å². The molecule has 0 fully saturated rings. The SMILES string of the molecule is COC(=O)c1ccc(-c2c3nc(c(-c4nccs4)c4ccc([nH]4)c(-c4ccc(C(=O)OC)cc4)c4nc(cc5ccc2[nH]5)C=C4)C=C3)cc1. The lowest BCUT2D eigenvalue weighted by Crippen LogP contribution is -2.00. The fraction of sp³-hybridized carbons (Fsp3) is 0.0513. The smallest absolute Gasteiger partial charge is 0.337 e. The van der Waals surface area contributed by atoms with Gasteiger partial charge in [0.05, 0.1) is 59.2 Å². The third-order valence-electron chi connectivity index (χ3n) is 8.41. The Morgan fingerprint density at radius 2 is 1.14 bits per heavy atom. The third kappa shape index (κ3) is 5.53. The first-order valence-corrected chi connectivity index (χ1v) is 16.3. The second-order valence-corrected chi connectivity index (χ2v) is 12.2. The maximum absolute atomic E-state index is 12.2. The summed E-state index contributed by atoms with van der Waals surface area (Å²) in [7, 11) is 2.74. The Bertz CT molecular complexity index is 2430. The molecule has 0 saturated heterocycles. The number of ether oxygens (including phenoxy) is 2. The van der Waals surface area contributed by atoms with Crippen molar-refractivity contribution in [3.8, 4) is 32.8 Å². The average Bonchev–Trinajstić information content (AvgIpc) is 3.98. The number of thiazole rings is 1. The van der Waals surface area contributed by atoms with E-state index in [1.54, 1.807) is 30.5 Å². The number of carbonyl (C=O) groups excluding carboxylic acids is 2. The molecule has 2 aliphatic heterocycles. The number of aromatic amines is 2. The van der Waals surface area contributed by atoms with Crippen LogP contribution in [0.2, 0.25) is 0 Å². The molecule has 49 heavy (non-hydrogen) atoms. The van der Waals surface area contributed by atoms with Gasteiger partial charge in [0.1, 0.15) is 5.01 Å². The minimum Gasteiger partial charge on any atom is -0.465 e. The summed E-state index contributed by atoms with van der Waals surface area (Å²) in [5.74, 6) is -0.790. The number of rotatable bonds is 5. The number of fused-ring (bicyclic) bond motifs is 8. The molecular weight excluding hydrogens is 635 g/mol. The number of hydrogen-bond donors (Lipinski definition) is 2. The monoisotopic (exact) mass is 661 g/mol. The van der Waals surface area contributed by atoms with E-state index in [0.29, 0.717) is 11.1 Å². The second-order valence-electron chi connectivity index (χ2n) is 11.3. The largest absolute Gasteiger partial charge is 0.465 e. The summed E-state index contributed by atoms with van der Waals surface area (Å²) in [6.45, 7) is 0. The number of nitrogens with one attached hydrogen (secondary N) is 2. The Labute approximate surface area is 284 Å². The molecule has 9 nitrogen and oxygen atoms in total. The van der Waals surface area contributed by atoms with Crippen molar-refractivity contribution in [3.05, 3.63) is 124 Å². The highest BCUT2D eigenvalue weighted by Crippen LogP contribution is 2.36. The zero-order valence-corrected chi connectivity index (χ0v) is 27.2. The van der Waals surface area contributed by atoms with Crippen LogP contribution in [0.3, 0.4) is 0 Å². The second kappa shape index (κ2) is 12.3. The molecule has 0 amide bonds. The predicted molar refractivity (Wildman–Crippen MR) is 194 cm³/mol. The van der Waals surface area contributed by atoms with Crippen LogP contribution in [-0.4, -0.2) is 51.1 Å². The van der Waals surface area contributed by atoms with Gasteiger partial charge in [0.2, 0.25) is 0 Å². The lowest BCUT2D eigenvalue weighted by Gasteiger charge is -2.06. The number of methoxy groups -OCH3 is 2. The van der Waals surface area contributed by atoms with E-state index in [1.165, 1.54) is 25.6 Å². The van der Waals surface area contributed by atoms with Gasteiger partial charge >= 0.3 is 11.9 Å². The normalized spacial score (nSPS) is 11.9. The molecule has 4 aromatic heterocycles. The minimum atomic E-state index is -0.395. The molecule has 8 rings (SSSR count). The summed E-state index contributed by atoms with van der Waals surface area (Å²) in [5.41, 5.74) is 11.8. The highest BCUT2D eigenvalue weighted by molar-refractivity contribution is 7.13. The Morgan fingerprint density at radius 1 is 0.612 bits per heavy atom. The van der Waals surface area contributed by atoms with E-state index in [4.69, 9.17) is 19.4 Å². The number of H-pyrrole nitrogens is 2. The standard InChI is InChI=1S/C39H27N5O4S/c1-47-38(45)24-7-3-22(4-8-24)34-28-13-11-26(41-28)21-27-12-14-29(42-27)35(23-5-9-25(10-6-23)39(46)48-2)31-16-18-33(44-31)36(37-40-19-20-49-37)32-17-15-30(34)43-32/h3-21,41,44H,1-2H3. The van der Waals surface area contributed by atoms with Gasteiger partial charge in [-0.15, -0.1) is 11.3 Å². The third-order valence-corrected chi connectivity index (χ3v) is 9.20. The van der Waals surface area contributed by atoms with Crippen LogP contribution in [-0.2, 0) is 9.47 Å². The van der Waals surface area contributed by atoms with E-state index in [1.807, 2.05) is 84.3 Å². The summed E-state index contributed by atoms with van der Waals surface area (Å²) in [6, 6.07) is 24.7. The molecule has 0 atom stereocenters. The lowest BCUT2D eigenvalue weighted by atomic mass is 10.0. The molecule has 0 radical (unpaired) electrons. The van der Waals surface area contributed by atoms with Crippen molar-refractivity contribution in [2.24, 2.45) is 0 Å². The molecule has 0 aliphatic carbocycles. The van der Waals surface area contributed by atoms with Gasteiger partial charge in [0.15, 0.2) is 0 Å². The quantitative estimate of drug-likeness (QED) is 0.177. The number of hydrogen-bond acceptors (Lipinski definition) is 8. The predicted octanol–water partition coefficient (Wildman–Crippen LogP) is 8.69. The molecule has 6 aromatic rings. The molecule has 6 heterocycles. The summed E-state index contributed by atoms with van der Waals surface area (Å²) in [6.07, 6.45) is 9.77. The van der Waals surface area contributed by atoms with Crippen LogP contribution in [0.15, 0.2) is 90.4 Å². The van der Waals surface area contributed by atoms with Crippen molar-refractivity contribution in [1.29, 1.82) is 0 Å². The molecule has 2 N–H and O–H groups in total. The summed E-state index contributed by atoms with van der Waals surface area (Å²) < 4.78 is 9.84. The topological polar surface area (TPSA) is 123 Å². The highest BCUT2D eigenvalue weighted by Gasteiger charge is 2.18. The van der Waals surface area contributed by atoms with Crippen LogP contribution in [0.5, 0.6) is 0 Å². The molecule has 0 spiro atoms. The number of carbonyl (C=O) groups is 2. The van der Waals surface area contributed by atoms with E-state index >= 15 is 0 Å². The number of esters is 2. The van der Waals surface area contributed by atoms with Gasteiger partial charge in [0.25, 0.3) is 0 Å². The molecule has 0 unspecified atom stereocenters. The molecule has 2 aliphatic rings. The van der Waals surface area contributed by atoms with Crippen LogP contribution in [0.1, 0.15) is 43.5 Å². The fourth-order valence-electron chi connectivity index (χ4n) is 6.10. The molecule has 8 bridgehead atoms. The van der Waals surface area contributed by atoms with Crippen molar-refractivity contribution in [2.75, 3.05) is 14.2 Å². The van der Waals surface area contributed by atoms with Gasteiger partial charge < -0.3 is 19.4 Å². The molecule has 238 valence electrons. The first kappa shape index (κ1) is 30.0. The summed E-state index contributed by atoms with van der Waals surface area (Å²) in [4.78, 5) is 46.5. The van der Waals surface area contributed by atoms with Crippen molar-refractivity contribution in [3.63, 3.8) is 0 Å². The van der Waals surface area contributed by atoms with E-state index in [0.717, 1.165) is 77.7 Å². The van der Waals surface area contributed by atoms with Crippen LogP contribution < -0.4 is 0 Å². The Balaban J connectivity index is 1.44. The zero-order valence-electron chi connectivity index (χ0n) is 26.4. The number of aromatic nitrogens is 5. The maximum Gasteiger partial charge on any atom is 0.337 e. The summed E-state index contributed by atoms with van der Waals surface area (Å²) >= 11 is 1.53. The summed E-state index contributed by atoms with van der Waals surface area (Å²) in [5, 5.41) is 2.76. The van der Waals surface area contributed by atoms with Gasteiger partial charge in [0, 0.05) is 39.3 Å². The zero-order chi connectivity index (χ0) is 33.5. The first-order chi connectivity index (χ1) is 24.0. The van der Waals surface area contributed by atoms with Gasteiger partial charge in [-0.3, -0.25) is 0 Å². The number of nitrogens with zero attached hydrogens (tertiary/aromatic N) is 3. The molecule has 2 aromatic carbocycles. The van der Waals surface area contributed by atoms with Gasteiger partial charge in [-0.2, -0.15) is 0 Å². The van der Waals surface area contributed by atoms with Crippen LogP contribution in [0.4, 0.5) is 0 Å². The molecular formula is C39H27N5O4S. The maximum atomic E-state index is 12.2. The Hall–Kier alpha value is -6.39. The minimum absolute atomic E-state index is 0.395. The molecule has 0 saturated carbocycles. The number of benzene rings is 2. The van der Waals surface area contributed by atoms with Crippen molar-refractivity contribution < 1.29 is 19.1 Å². The first-order valence-electron chi connectivity index (χ1n) is 15.4. The van der Waals surface area contributed by atoms with Crippen molar-refractivity contribution in [1.82, 2.24) is 24.9 Å². The van der Waals surface area contributed by atoms with Gasteiger partial charge in [-0.25, -0.2) is 24.5 Å². The average molecular weight is 662 g/mol. The van der Waals surface area contributed by atoms with Crippen molar-refractivity contribution >= 4 is 69.6 Å². The van der Waals surface area contributed by atoms with Crippen molar-refractivity contribution in [2.45, 2.75) is 0 Å². The van der Waals surface area contributed by atoms with Gasteiger partial charge in [-0.05, 0) is 90.0 Å². The Kier molecular flexibility index (Phi) is 7.54. The van der Waals surface area contributed by atoms with E-state index in [2.05, 4.69) is 15.0 Å². The van der Waals surface area contributed by atoms with Crippen LogP contribution >= 0.6 is 11.3 Å².